The summed E-state index contributed by atoms with van der Waals surface area (Å²) >= 11 is 1.79. The predicted octanol–water partition coefficient (Wildman–Crippen LogP) is 3.49. The van der Waals surface area contributed by atoms with Gasteiger partial charge in [-0.05, 0) is 37.6 Å². The summed E-state index contributed by atoms with van der Waals surface area (Å²) in [5.74, 6) is 1.78. The molecule has 1 aliphatic rings. The van der Waals surface area contributed by atoms with Crippen LogP contribution in [0.1, 0.15) is 44.4 Å². The van der Waals surface area contributed by atoms with E-state index in [0.29, 0.717) is 6.04 Å². The van der Waals surface area contributed by atoms with Gasteiger partial charge in [0.05, 0.1) is 5.51 Å². The van der Waals surface area contributed by atoms with Gasteiger partial charge in [-0.3, -0.25) is 4.98 Å². The fourth-order valence-electron chi connectivity index (χ4n) is 3.07. The average Bonchev–Trinajstić information content (AvgIpc) is 2.81. The van der Waals surface area contributed by atoms with Crippen LogP contribution in [0, 0.1) is 11.8 Å². The van der Waals surface area contributed by atoms with Crippen molar-refractivity contribution in [1.29, 1.82) is 0 Å². The number of hydrogen-bond acceptors (Lipinski definition) is 3. The van der Waals surface area contributed by atoms with Gasteiger partial charge in [0, 0.05) is 17.1 Å². The molecule has 1 saturated carbocycles. The molecule has 3 heteroatoms. The lowest BCUT2D eigenvalue weighted by molar-refractivity contribution is 0.223. The van der Waals surface area contributed by atoms with E-state index in [1.54, 1.807) is 11.3 Å². The molecule has 1 heterocycles. The highest BCUT2D eigenvalue weighted by Gasteiger charge is 2.26. The van der Waals surface area contributed by atoms with Gasteiger partial charge >= 0.3 is 0 Å². The monoisotopic (exact) mass is 252 g/mol. The molecule has 0 aromatic carbocycles. The van der Waals surface area contributed by atoms with E-state index in [1.807, 2.05) is 11.7 Å². The van der Waals surface area contributed by atoms with Crippen LogP contribution in [-0.4, -0.2) is 17.6 Å². The van der Waals surface area contributed by atoms with E-state index in [2.05, 4.69) is 24.1 Å². The van der Waals surface area contributed by atoms with Crippen molar-refractivity contribution >= 4 is 11.3 Å². The number of rotatable bonds is 5. The fraction of sp³-hybridized carbons (Fsp3) is 0.786. The highest BCUT2D eigenvalue weighted by Crippen LogP contribution is 2.32. The third-order valence-corrected chi connectivity index (χ3v) is 4.72. The van der Waals surface area contributed by atoms with E-state index in [9.17, 15) is 0 Å². The number of likely N-dealkylation sites (N-methyl/N-ethyl adjacent to an activating group) is 1. The lowest BCUT2D eigenvalue weighted by Crippen LogP contribution is -2.39. The molecule has 17 heavy (non-hydrogen) atoms. The second-order valence-electron chi connectivity index (χ2n) is 5.37. The Kier molecular flexibility index (Phi) is 4.99. The zero-order valence-electron chi connectivity index (χ0n) is 11.0. The summed E-state index contributed by atoms with van der Waals surface area (Å²) in [6.45, 7) is 5.70. The zero-order valence-corrected chi connectivity index (χ0v) is 11.8. The van der Waals surface area contributed by atoms with Crippen LogP contribution >= 0.6 is 11.3 Å². The van der Waals surface area contributed by atoms with E-state index < -0.39 is 0 Å². The molecule has 3 unspecified atom stereocenters. The van der Waals surface area contributed by atoms with Gasteiger partial charge in [0.25, 0.3) is 0 Å². The summed E-state index contributed by atoms with van der Waals surface area (Å²) < 4.78 is 0. The Morgan fingerprint density at radius 3 is 3.06 bits per heavy atom. The Hall–Kier alpha value is -0.410. The first-order valence-electron chi connectivity index (χ1n) is 6.90. The molecule has 1 fully saturated rings. The molecule has 3 atom stereocenters. The van der Waals surface area contributed by atoms with Crippen LogP contribution in [0.2, 0.25) is 0 Å². The Balaban J connectivity index is 1.95. The molecule has 1 N–H and O–H groups in total. The van der Waals surface area contributed by atoms with Crippen molar-refractivity contribution < 1.29 is 0 Å². The molecular weight excluding hydrogens is 228 g/mol. The minimum atomic E-state index is 0.656. The molecule has 0 spiro atoms. The lowest BCUT2D eigenvalue weighted by Gasteiger charge is -2.33. The van der Waals surface area contributed by atoms with Gasteiger partial charge in [0.1, 0.15) is 0 Å². The molecule has 0 bridgehead atoms. The topological polar surface area (TPSA) is 24.9 Å². The van der Waals surface area contributed by atoms with Gasteiger partial charge in [-0.15, -0.1) is 11.3 Å². The second kappa shape index (κ2) is 6.50. The molecule has 0 saturated heterocycles. The Labute approximate surface area is 109 Å². The summed E-state index contributed by atoms with van der Waals surface area (Å²) in [5.41, 5.74) is 1.95. The number of aromatic nitrogens is 1. The standard InChI is InChI=1S/C14H24N2S/c1-3-16-14(8-13-9-15-10-17-13)12-6-4-5-11(2)7-12/h9-12,14,16H,3-8H2,1-2H3. The van der Waals surface area contributed by atoms with Gasteiger partial charge in [-0.1, -0.05) is 26.7 Å². The van der Waals surface area contributed by atoms with Crippen LogP contribution in [0.4, 0.5) is 0 Å². The van der Waals surface area contributed by atoms with Crippen LogP contribution < -0.4 is 5.32 Å². The highest BCUT2D eigenvalue weighted by molar-refractivity contribution is 7.09. The largest absolute Gasteiger partial charge is 0.314 e. The molecule has 0 aliphatic heterocycles. The van der Waals surface area contributed by atoms with Gasteiger partial charge in [0.2, 0.25) is 0 Å². The summed E-state index contributed by atoms with van der Waals surface area (Å²) in [6, 6.07) is 0.656. The first kappa shape index (κ1) is 13.0. The van der Waals surface area contributed by atoms with Gasteiger partial charge in [-0.2, -0.15) is 0 Å². The summed E-state index contributed by atoms with van der Waals surface area (Å²) in [4.78, 5) is 5.61. The third-order valence-electron chi connectivity index (χ3n) is 3.92. The van der Waals surface area contributed by atoms with Crippen molar-refractivity contribution in [3.05, 3.63) is 16.6 Å². The van der Waals surface area contributed by atoms with Gasteiger partial charge in [0.15, 0.2) is 0 Å². The minimum Gasteiger partial charge on any atom is -0.314 e. The van der Waals surface area contributed by atoms with Gasteiger partial charge in [-0.25, -0.2) is 0 Å². The quantitative estimate of drug-likeness (QED) is 0.867. The smallest absolute Gasteiger partial charge is 0.0794 e. The van der Waals surface area contributed by atoms with Crippen molar-refractivity contribution in [1.82, 2.24) is 10.3 Å². The molecule has 1 aromatic rings. The molecule has 2 rings (SSSR count). The first-order chi connectivity index (χ1) is 8.29. The van der Waals surface area contributed by atoms with E-state index >= 15 is 0 Å². The van der Waals surface area contributed by atoms with Crippen LogP contribution in [-0.2, 0) is 6.42 Å². The minimum absolute atomic E-state index is 0.656. The van der Waals surface area contributed by atoms with E-state index in [1.165, 1.54) is 30.6 Å². The van der Waals surface area contributed by atoms with Crippen molar-refractivity contribution in [2.45, 2.75) is 52.0 Å². The van der Waals surface area contributed by atoms with Gasteiger partial charge < -0.3 is 5.32 Å². The van der Waals surface area contributed by atoms with E-state index in [4.69, 9.17) is 0 Å². The Morgan fingerprint density at radius 2 is 2.41 bits per heavy atom. The predicted molar refractivity (Wildman–Crippen MR) is 74.4 cm³/mol. The van der Waals surface area contributed by atoms with Crippen LogP contribution in [0.5, 0.6) is 0 Å². The molecule has 0 amide bonds. The lowest BCUT2D eigenvalue weighted by atomic mass is 9.77. The molecule has 1 aliphatic carbocycles. The van der Waals surface area contributed by atoms with Crippen molar-refractivity contribution in [3.63, 3.8) is 0 Å². The SMILES string of the molecule is CCNC(Cc1cncs1)C1CCCC(C)C1. The van der Waals surface area contributed by atoms with E-state index in [0.717, 1.165) is 24.8 Å². The van der Waals surface area contributed by atoms with Crippen LogP contribution in [0.25, 0.3) is 0 Å². The number of nitrogens with one attached hydrogen (secondary N) is 1. The zero-order chi connectivity index (χ0) is 12.1. The molecule has 0 radical (unpaired) electrons. The maximum atomic E-state index is 4.19. The van der Waals surface area contributed by atoms with E-state index in [-0.39, 0.29) is 0 Å². The number of hydrogen-bond donors (Lipinski definition) is 1. The van der Waals surface area contributed by atoms with Crippen LogP contribution in [0.3, 0.4) is 0 Å². The Morgan fingerprint density at radius 1 is 1.53 bits per heavy atom. The number of thiazole rings is 1. The highest BCUT2D eigenvalue weighted by atomic mass is 32.1. The summed E-state index contributed by atoms with van der Waals surface area (Å²) in [5, 5.41) is 3.69. The van der Waals surface area contributed by atoms with Crippen molar-refractivity contribution in [2.24, 2.45) is 11.8 Å². The summed E-state index contributed by atoms with van der Waals surface area (Å²) in [6.07, 6.45) is 8.83. The average molecular weight is 252 g/mol. The maximum absolute atomic E-state index is 4.19. The molecule has 1 aromatic heterocycles. The molecular formula is C14H24N2S. The molecule has 2 nitrogen and oxygen atoms in total. The van der Waals surface area contributed by atoms with Crippen LogP contribution in [0.15, 0.2) is 11.7 Å². The summed E-state index contributed by atoms with van der Waals surface area (Å²) in [7, 11) is 0. The first-order valence-corrected chi connectivity index (χ1v) is 7.78. The van der Waals surface area contributed by atoms with Crippen molar-refractivity contribution in [3.8, 4) is 0 Å². The van der Waals surface area contributed by atoms with Crippen molar-refractivity contribution in [2.75, 3.05) is 6.54 Å². The maximum Gasteiger partial charge on any atom is 0.0794 e. The fourth-order valence-corrected chi connectivity index (χ4v) is 3.73. The molecule has 96 valence electrons. The Bertz CT molecular complexity index is 310. The normalized spacial score (nSPS) is 26.9. The third kappa shape index (κ3) is 3.78. The number of nitrogens with zero attached hydrogens (tertiary/aromatic N) is 1. The second-order valence-corrected chi connectivity index (χ2v) is 6.34.